The van der Waals surface area contributed by atoms with E-state index < -0.39 is 0 Å². The number of carbonyl (C=O) groups excluding carboxylic acids is 1. The normalized spacial score (nSPS) is 10.7. The Hall–Kier alpha value is -2.91. The molecule has 0 unspecified atom stereocenters. The predicted molar refractivity (Wildman–Crippen MR) is 107 cm³/mol. The Labute approximate surface area is 155 Å². The van der Waals surface area contributed by atoms with Gasteiger partial charge in [-0.2, -0.15) is 0 Å². The van der Waals surface area contributed by atoms with Crippen molar-refractivity contribution >= 4 is 11.6 Å². The summed E-state index contributed by atoms with van der Waals surface area (Å²) in [6, 6.07) is 28.4. The summed E-state index contributed by atoms with van der Waals surface area (Å²) in [4.78, 5) is 14.8. The Morgan fingerprint density at radius 2 is 1.27 bits per heavy atom. The largest absolute Gasteiger partial charge is 0.325 e. The lowest BCUT2D eigenvalue weighted by molar-refractivity contribution is -0.117. The molecule has 3 aromatic rings. The minimum Gasteiger partial charge on any atom is -0.325 e. The number of rotatable bonds is 7. The van der Waals surface area contributed by atoms with Gasteiger partial charge in [-0.3, -0.25) is 9.69 Å². The van der Waals surface area contributed by atoms with Gasteiger partial charge in [-0.05, 0) is 29.7 Å². The number of anilines is 1. The standard InChI is InChI=1S/C23H24N2O/c1-19-10-8-9-15-22(19)24-23(26)18-25(16-20-11-4-2-5-12-20)17-21-13-6-3-7-14-21/h2-15H,16-18H2,1H3,(H,24,26). The molecule has 0 aromatic heterocycles. The van der Waals surface area contributed by atoms with Gasteiger partial charge in [-0.15, -0.1) is 0 Å². The summed E-state index contributed by atoms with van der Waals surface area (Å²) in [6.07, 6.45) is 0. The Kier molecular flexibility index (Phi) is 6.18. The molecule has 3 nitrogen and oxygen atoms in total. The van der Waals surface area contributed by atoms with Gasteiger partial charge >= 0.3 is 0 Å². The minimum absolute atomic E-state index is 0.00571. The highest BCUT2D eigenvalue weighted by molar-refractivity contribution is 5.92. The molecule has 0 aliphatic carbocycles. The van der Waals surface area contributed by atoms with E-state index in [4.69, 9.17) is 0 Å². The van der Waals surface area contributed by atoms with Crippen LogP contribution in [0.4, 0.5) is 5.69 Å². The summed E-state index contributed by atoms with van der Waals surface area (Å²) in [5.41, 5.74) is 4.34. The van der Waals surface area contributed by atoms with Crippen LogP contribution in [0.25, 0.3) is 0 Å². The van der Waals surface area contributed by atoms with E-state index in [-0.39, 0.29) is 5.91 Å². The number of aryl methyl sites for hydroxylation is 1. The van der Waals surface area contributed by atoms with Crippen molar-refractivity contribution in [3.05, 3.63) is 102 Å². The van der Waals surface area contributed by atoms with Gasteiger partial charge < -0.3 is 5.32 Å². The van der Waals surface area contributed by atoms with Crippen LogP contribution in [0.1, 0.15) is 16.7 Å². The average molecular weight is 344 g/mol. The topological polar surface area (TPSA) is 32.3 Å². The zero-order chi connectivity index (χ0) is 18.2. The van der Waals surface area contributed by atoms with E-state index in [2.05, 4.69) is 34.5 Å². The molecule has 3 heteroatoms. The molecule has 26 heavy (non-hydrogen) atoms. The summed E-state index contributed by atoms with van der Waals surface area (Å²) in [5, 5.41) is 3.03. The van der Waals surface area contributed by atoms with Gasteiger partial charge in [0.25, 0.3) is 0 Å². The van der Waals surface area contributed by atoms with E-state index in [0.29, 0.717) is 6.54 Å². The molecule has 0 fully saturated rings. The van der Waals surface area contributed by atoms with Crippen LogP contribution in [0.15, 0.2) is 84.9 Å². The molecular formula is C23H24N2O. The monoisotopic (exact) mass is 344 g/mol. The average Bonchev–Trinajstić information content (AvgIpc) is 2.65. The maximum absolute atomic E-state index is 12.6. The summed E-state index contributed by atoms with van der Waals surface area (Å²) in [7, 11) is 0. The second kappa shape index (κ2) is 8.97. The smallest absolute Gasteiger partial charge is 0.238 e. The van der Waals surface area contributed by atoms with Gasteiger partial charge in [0.15, 0.2) is 0 Å². The van der Waals surface area contributed by atoms with Crippen LogP contribution in [-0.4, -0.2) is 17.4 Å². The summed E-state index contributed by atoms with van der Waals surface area (Å²) in [5.74, 6) is 0.00571. The van der Waals surface area contributed by atoms with Crippen LogP contribution in [0.3, 0.4) is 0 Å². The summed E-state index contributed by atoms with van der Waals surface area (Å²) >= 11 is 0. The first-order chi connectivity index (χ1) is 12.7. The second-order valence-electron chi connectivity index (χ2n) is 6.48. The van der Waals surface area contributed by atoms with Crippen LogP contribution in [0.2, 0.25) is 0 Å². The van der Waals surface area contributed by atoms with Gasteiger partial charge in [0, 0.05) is 18.8 Å². The van der Waals surface area contributed by atoms with Crippen LogP contribution in [-0.2, 0) is 17.9 Å². The highest BCUT2D eigenvalue weighted by Gasteiger charge is 2.13. The fraction of sp³-hybridized carbons (Fsp3) is 0.174. The van der Waals surface area contributed by atoms with E-state index >= 15 is 0 Å². The number of amides is 1. The molecular weight excluding hydrogens is 320 g/mol. The molecule has 1 N–H and O–H groups in total. The number of benzene rings is 3. The van der Waals surface area contributed by atoms with E-state index in [1.165, 1.54) is 11.1 Å². The molecule has 1 amide bonds. The first-order valence-electron chi connectivity index (χ1n) is 8.86. The first kappa shape index (κ1) is 17.9. The zero-order valence-corrected chi connectivity index (χ0v) is 15.1. The molecule has 0 saturated heterocycles. The predicted octanol–water partition coefficient (Wildman–Crippen LogP) is 4.64. The molecule has 0 aliphatic heterocycles. The van der Waals surface area contributed by atoms with Gasteiger partial charge in [0.2, 0.25) is 5.91 Å². The zero-order valence-electron chi connectivity index (χ0n) is 15.1. The molecule has 0 heterocycles. The van der Waals surface area contributed by atoms with Crippen molar-refractivity contribution in [2.75, 3.05) is 11.9 Å². The molecule has 3 rings (SSSR count). The minimum atomic E-state index is 0.00571. The molecule has 3 aromatic carbocycles. The SMILES string of the molecule is Cc1ccccc1NC(=O)CN(Cc1ccccc1)Cc1ccccc1. The van der Waals surface area contributed by atoms with Crippen LogP contribution in [0.5, 0.6) is 0 Å². The number of hydrogen-bond acceptors (Lipinski definition) is 2. The molecule has 0 bridgehead atoms. The van der Waals surface area contributed by atoms with Crippen molar-refractivity contribution in [1.29, 1.82) is 0 Å². The van der Waals surface area contributed by atoms with Gasteiger partial charge in [0.1, 0.15) is 0 Å². The maximum Gasteiger partial charge on any atom is 0.238 e. The quantitative estimate of drug-likeness (QED) is 0.677. The van der Waals surface area contributed by atoms with Crippen molar-refractivity contribution in [3.63, 3.8) is 0 Å². The highest BCUT2D eigenvalue weighted by Crippen LogP contribution is 2.14. The molecule has 0 aliphatic rings. The number of nitrogens with zero attached hydrogens (tertiary/aromatic N) is 1. The van der Waals surface area contributed by atoms with Crippen molar-refractivity contribution in [1.82, 2.24) is 4.90 Å². The highest BCUT2D eigenvalue weighted by atomic mass is 16.2. The third kappa shape index (κ3) is 5.30. The summed E-state index contributed by atoms with van der Waals surface area (Å²) in [6.45, 7) is 3.81. The third-order valence-corrected chi connectivity index (χ3v) is 4.28. The van der Waals surface area contributed by atoms with Crippen molar-refractivity contribution < 1.29 is 4.79 Å². The van der Waals surface area contributed by atoms with Gasteiger partial charge in [0.05, 0.1) is 6.54 Å². The van der Waals surface area contributed by atoms with E-state index in [9.17, 15) is 4.79 Å². The van der Waals surface area contributed by atoms with E-state index in [1.54, 1.807) is 0 Å². The van der Waals surface area contributed by atoms with Crippen molar-refractivity contribution in [2.24, 2.45) is 0 Å². The van der Waals surface area contributed by atoms with Crippen LogP contribution < -0.4 is 5.32 Å². The van der Waals surface area contributed by atoms with Crippen molar-refractivity contribution in [2.45, 2.75) is 20.0 Å². The fourth-order valence-electron chi connectivity index (χ4n) is 2.96. The molecule has 0 saturated carbocycles. The Morgan fingerprint density at radius 1 is 0.769 bits per heavy atom. The number of carbonyl (C=O) groups is 1. The van der Waals surface area contributed by atoms with Crippen LogP contribution in [0, 0.1) is 6.92 Å². The molecule has 132 valence electrons. The second-order valence-corrected chi connectivity index (χ2v) is 6.48. The van der Waals surface area contributed by atoms with Gasteiger partial charge in [-0.1, -0.05) is 78.9 Å². The Morgan fingerprint density at radius 3 is 1.81 bits per heavy atom. The lowest BCUT2D eigenvalue weighted by atomic mass is 10.1. The van der Waals surface area contributed by atoms with E-state index in [0.717, 1.165) is 24.3 Å². The third-order valence-electron chi connectivity index (χ3n) is 4.28. The summed E-state index contributed by atoms with van der Waals surface area (Å²) < 4.78 is 0. The Balaban J connectivity index is 1.70. The molecule has 0 spiro atoms. The number of hydrogen-bond donors (Lipinski definition) is 1. The first-order valence-corrected chi connectivity index (χ1v) is 8.86. The number of para-hydroxylation sites is 1. The van der Waals surface area contributed by atoms with E-state index in [1.807, 2.05) is 67.6 Å². The lowest BCUT2D eigenvalue weighted by Gasteiger charge is -2.22. The molecule has 0 atom stereocenters. The lowest BCUT2D eigenvalue weighted by Crippen LogP contribution is -2.32. The molecule has 0 radical (unpaired) electrons. The Bertz CT molecular complexity index is 790. The van der Waals surface area contributed by atoms with Crippen molar-refractivity contribution in [3.8, 4) is 0 Å². The van der Waals surface area contributed by atoms with Crippen LogP contribution >= 0.6 is 0 Å². The number of nitrogens with one attached hydrogen (secondary N) is 1. The fourth-order valence-corrected chi connectivity index (χ4v) is 2.96. The maximum atomic E-state index is 12.6. The van der Waals surface area contributed by atoms with Gasteiger partial charge in [-0.25, -0.2) is 0 Å².